The maximum atomic E-state index is 12.9. The van der Waals surface area contributed by atoms with Gasteiger partial charge in [-0.05, 0) is 30.7 Å². The summed E-state index contributed by atoms with van der Waals surface area (Å²) in [6.45, 7) is 9.12. The van der Waals surface area contributed by atoms with Gasteiger partial charge in [0, 0.05) is 19.5 Å². The van der Waals surface area contributed by atoms with Crippen LogP contribution in [0.1, 0.15) is 33.6 Å². The van der Waals surface area contributed by atoms with E-state index in [0.717, 1.165) is 19.5 Å². The molecule has 0 heterocycles. The van der Waals surface area contributed by atoms with Crippen molar-refractivity contribution in [3.63, 3.8) is 0 Å². The van der Waals surface area contributed by atoms with Gasteiger partial charge in [-0.15, -0.1) is 0 Å². The molecule has 1 aromatic carbocycles. The third-order valence-electron chi connectivity index (χ3n) is 3.66. The summed E-state index contributed by atoms with van der Waals surface area (Å²) in [5, 5.41) is 2.73. The van der Waals surface area contributed by atoms with Gasteiger partial charge < -0.3 is 16.0 Å². The number of nitrogens with zero attached hydrogens (tertiary/aromatic N) is 1. The van der Waals surface area contributed by atoms with Crippen LogP contribution in [-0.4, -0.2) is 30.4 Å². The van der Waals surface area contributed by atoms with Crippen LogP contribution in [-0.2, 0) is 4.79 Å². The maximum Gasteiger partial charge on any atom is 0.225 e. The quantitative estimate of drug-likeness (QED) is 0.725. The highest BCUT2D eigenvalue weighted by atomic mass is 19.1. The minimum Gasteiger partial charge on any atom is -0.397 e. The number of hydrogen-bond acceptors (Lipinski definition) is 3. The van der Waals surface area contributed by atoms with Crippen LogP contribution in [0, 0.1) is 11.7 Å². The molecule has 3 N–H and O–H groups in total. The molecule has 1 aromatic rings. The third-order valence-corrected chi connectivity index (χ3v) is 3.66. The molecule has 0 aromatic heterocycles. The molecule has 0 bridgehead atoms. The zero-order valence-corrected chi connectivity index (χ0v) is 13.2. The summed E-state index contributed by atoms with van der Waals surface area (Å²) in [6.07, 6.45) is 1.54. The first-order chi connectivity index (χ1) is 9.96. The molecule has 0 saturated carbocycles. The SMILES string of the molecule is CCC(C)CN(CC)CCC(=O)Nc1ccc(F)cc1N. The lowest BCUT2D eigenvalue weighted by Gasteiger charge is -2.23. The first kappa shape index (κ1) is 17.4. The molecule has 5 heteroatoms. The van der Waals surface area contributed by atoms with Gasteiger partial charge in [-0.2, -0.15) is 0 Å². The van der Waals surface area contributed by atoms with E-state index in [-0.39, 0.29) is 11.6 Å². The Morgan fingerprint density at radius 1 is 1.43 bits per heavy atom. The summed E-state index contributed by atoms with van der Waals surface area (Å²) in [4.78, 5) is 14.2. The summed E-state index contributed by atoms with van der Waals surface area (Å²) in [5.74, 6) is 0.118. The predicted octanol–water partition coefficient (Wildman–Crippen LogP) is 3.10. The number of halogens is 1. The van der Waals surface area contributed by atoms with Crippen LogP contribution in [0.3, 0.4) is 0 Å². The van der Waals surface area contributed by atoms with Crippen molar-refractivity contribution in [3.05, 3.63) is 24.0 Å². The lowest BCUT2D eigenvalue weighted by atomic mass is 10.1. The lowest BCUT2D eigenvalue weighted by Crippen LogP contribution is -2.31. The van der Waals surface area contributed by atoms with E-state index in [0.29, 0.717) is 24.6 Å². The van der Waals surface area contributed by atoms with Crippen molar-refractivity contribution in [3.8, 4) is 0 Å². The van der Waals surface area contributed by atoms with E-state index in [1.165, 1.54) is 18.2 Å². The molecular weight excluding hydrogens is 269 g/mol. The largest absolute Gasteiger partial charge is 0.397 e. The molecule has 0 saturated heterocycles. The van der Waals surface area contributed by atoms with Crippen molar-refractivity contribution in [2.24, 2.45) is 5.92 Å². The van der Waals surface area contributed by atoms with Gasteiger partial charge in [0.2, 0.25) is 5.91 Å². The Morgan fingerprint density at radius 3 is 2.71 bits per heavy atom. The molecule has 0 aliphatic rings. The minimum atomic E-state index is -0.406. The molecule has 0 radical (unpaired) electrons. The van der Waals surface area contributed by atoms with Gasteiger partial charge in [-0.3, -0.25) is 4.79 Å². The topological polar surface area (TPSA) is 58.4 Å². The van der Waals surface area contributed by atoms with E-state index in [4.69, 9.17) is 5.73 Å². The van der Waals surface area contributed by atoms with Crippen LogP contribution >= 0.6 is 0 Å². The summed E-state index contributed by atoms with van der Waals surface area (Å²) in [5.41, 5.74) is 6.38. The Kier molecular flexibility index (Phi) is 7.15. The number of anilines is 2. The van der Waals surface area contributed by atoms with Crippen LogP contribution in [0.5, 0.6) is 0 Å². The van der Waals surface area contributed by atoms with Crippen molar-refractivity contribution in [1.82, 2.24) is 4.90 Å². The fourth-order valence-electron chi connectivity index (χ4n) is 2.07. The van der Waals surface area contributed by atoms with Crippen LogP contribution in [0.25, 0.3) is 0 Å². The number of nitrogen functional groups attached to an aromatic ring is 1. The number of hydrogen-bond donors (Lipinski definition) is 2. The van der Waals surface area contributed by atoms with E-state index >= 15 is 0 Å². The van der Waals surface area contributed by atoms with Gasteiger partial charge in [0.1, 0.15) is 5.82 Å². The number of benzene rings is 1. The molecule has 0 fully saturated rings. The van der Waals surface area contributed by atoms with Crippen molar-refractivity contribution in [1.29, 1.82) is 0 Å². The molecular formula is C16H26FN3O. The normalized spacial score (nSPS) is 12.4. The number of carbonyl (C=O) groups is 1. The number of carbonyl (C=O) groups excluding carboxylic acids is 1. The zero-order chi connectivity index (χ0) is 15.8. The van der Waals surface area contributed by atoms with Crippen molar-refractivity contribution < 1.29 is 9.18 Å². The Labute approximate surface area is 126 Å². The van der Waals surface area contributed by atoms with Crippen molar-refractivity contribution in [2.45, 2.75) is 33.6 Å². The maximum absolute atomic E-state index is 12.9. The molecule has 1 unspecified atom stereocenters. The number of rotatable bonds is 8. The van der Waals surface area contributed by atoms with Crippen molar-refractivity contribution >= 4 is 17.3 Å². The van der Waals surface area contributed by atoms with Crippen molar-refractivity contribution in [2.75, 3.05) is 30.7 Å². The first-order valence-electron chi connectivity index (χ1n) is 7.53. The molecule has 118 valence electrons. The van der Waals surface area contributed by atoms with E-state index in [2.05, 4.69) is 31.0 Å². The Bertz CT molecular complexity index is 465. The average molecular weight is 295 g/mol. The third kappa shape index (κ3) is 6.12. The van der Waals surface area contributed by atoms with Crippen LogP contribution in [0.15, 0.2) is 18.2 Å². The molecule has 0 spiro atoms. The standard InChI is InChI=1S/C16H26FN3O/c1-4-12(3)11-20(5-2)9-8-16(21)19-15-7-6-13(17)10-14(15)18/h6-7,10,12H,4-5,8-9,11,18H2,1-3H3,(H,19,21). The van der Waals surface area contributed by atoms with E-state index in [1.54, 1.807) is 0 Å². The van der Waals surface area contributed by atoms with E-state index in [1.807, 2.05) is 0 Å². The van der Waals surface area contributed by atoms with Gasteiger partial charge in [0.25, 0.3) is 0 Å². The molecule has 1 atom stereocenters. The monoisotopic (exact) mass is 295 g/mol. The molecule has 21 heavy (non-hydrogen) atoms. The first-order valence-corrected chi connectivity index (χ1v) is 7.53. The zero-order valence-electron chi connectivity index (χ0n) is 13.2. The second-order valence-corrected chi connectivity index (χ2v) is 5.44. The number of amides is 1. The van der Waals surface area contributed by atoms with Crippen LogP contribution in [0.2, 0.25) is 0 Å². The van der Waals surface area contributed by atoms with Gasteiger partial charge in [0.15, 0.2) is 0 Å². The molecule has 1 rings (SSSR count). The summed E-state index contributed by atoms with van der Waals surface area (Å²) < 4.78 is 12.9. The summed E-state index contributed by atoms with van der Waals surface area (Å²) >= 11 is 0. The lowest BCUT2D eigenvalue weighted by molar-refractivity contribution is -0.116. The number of nitrogens with two attached hydrogens (primary N) is 1. The molecule has 0 aliphatic carbocycles. The average Bonchev–Trinajstić information content (AvgIpc) is 2.46. The van der Waals surface area contributed by atoms with Gasteiger partial charge in [-0.25, -0.2) is 4.39 Å². The van der Waals surface area contributed by atoms with Gasteiger partial charge >= 0.3 is 0 Å². The highest BCUT2D eigenvalue weighted by Crippen LogP contribution is 2.19. The Morgan fingerprint density at radius 2 is 2.14 bits per heavy atom. The number of nitrogens with one attached hydrogen (secondary N) is 1. The molecule has 4 nitrogen and oxygen atoms in total. The van der Waals surface area contributed by atoms with E-state index < -0.39 is 5.82 Å². The van der Waals surface area contributed by atoms with Gasteiger partial charge in [-0.1, -0.05) is 27.2 Å². The van der Waals surface area contributed by atoms with Crippen LogP contribution in [0.4, 0.5) is 15.8 Å². The van der Waals surface area contributed by atoms with Crippen LogP contribution < -0.4 is 11.1 Å². The summed E-state index contributed by atoms with van der Waals surface area (Å²) in [7, 11) is 0. The smallest absolute Gasteiger partial charge is 0.225 e. The van der Waals surface area contributed by atoms with E-state index in [9.17, 15) is 9.18 Å². The highest BCUT2D eigenvalue weighted by Gasteiger charge is 2.11. The molecule has 1 amide bonds. The summed E-state index contributed by atoms with van der Waals surface area (Å²) in [6, 6.07) is 3.98. The highest BCUT2D eigenvalue weighted by molar-refractivity contribution is 5.93. The second-order valence-electron chi connectivity index (χ2n) is 5.44. The fourth-order valence-corrected chi connectivity index (χ4v) is 2.07. The Balaban J connectivity index is 2.46. The Hall–Kier alpha value is -1.62. The molecule has 0 aliphatic heterocycles. The minimum absolute atomic E-state index is 0.101. The second kappa shape index (κ2) is 8.62. The van der Waals surface area contributed by atoms with Gasteiger partial charge in [0.05, 0.1) is 11.4 Å². The predicted molar refractivity (Wildman–Crippen MR) is 85.6 cm³/mol. The fraction of sp³-hybridized carbons (Fsp3) is 0.562.